The van der Waals surface area contributed by atoms with E-state index in [-0.39, 0.29) is 0 Å². The molecule has 0 aliphatic rings. The molecule has 0 N–H and O–H groups in total. The van der Waals surface area contributed by atoms with Crippen LogP contribution >= 0.6 is 0 Å². The molecular weight excluding hydrogens is 725 g/mol. The number of hydrogen-bond donors (Lipinski definition) is 0. The normalized spacial score (nSPS) is 11.3. The summed E-state index contributed by atoms with van der Waals surface area (Å²) in [5.74, 6) is 0. The predicted molar refractivity (Wildman–Crippen MR) is 255 cm³/mol. The second-order valence-corrected chi connectivity index (χ2v) is 15.3. The minimum absolute atomic E-state index is 1.09. The van der Waals surface area contributed by atoms with E-state index in [2.05, 4.69) is 252 Å². The largest absolute Gasteiger partial charge is 0.310 e. The molecule has 0 radical (unpaired) electrons. The molecule has 0 spiro atoms. The molecule has 0 aliphatic heterocycles. The third-order valence-electron chi connectivity index (χ3n) is 11.8. The number of benzene rings is 10. The smallest absolute Gasteiger partial charge is 0.0541 e. The average molecular weight is 765 g/mol. The fraction of sp³-hybridized carbons (Fsp3) is 0. The van der Waals surface area contributed by atoms with Crippen molar-refractivity contribution in [2.24, 2.45) is 0 Å². The number of hydrogen-bond acceptors (Lipinski definition) is 1. The summed E-state index contributed by atoms with van der Waals surface area (Å²) in [6, 6.07) is 87.8. The molecule has 2 heteroatoms. The number of aromatic nitrogens is 1. The highest BCUT2D eigenvalue weighted by atomic mass is 15.1. The van der Waals surface area contributed by atoms with Gasteiger partial charge in [0.1, 0.15) is 0 Å². The Morgan fingerprint density at radius 2 is 0.733 bits per heavy atom. The van der Waals surface area contributed by atoms with E-state index in [1.54, 1.807) is 0 Å². The van der Waals surface area contributed by atoms with Crippen molar-refractivity contribution in [1.29, 1.82) is 0 Å². The van der Waals surface area contributed by atoms with Crippen LogP contribution in [0.3, 0.4) is 0 Å². The molecule has 1 heterocycles. The van der Waals surface area contributed by atoms with Gasteiger partial charge < -0.3 is 9.47 Å². The van der Waals surface area contributed by atoms with Crippen molar-refractivity contribution < 1.29 is 0 Å². The molecule has 0 saturated heterocycles. The molecule has 60 heavy (non-hydrogen) atoms. The quantitative estimate of drug-likeness (QED) is 0.150. The van der Waals surface area contributed by atoms with Gasteiger partial charge >= 0.3 is 0 Å². The molecule has 0 aliphatic carbocycles. The fourth-order valence-corrected chi connectivity index (χ4v) is 8.93. The monoisotopic (exact) mass is 764 g/mol. The topological polar surface area (TPSA) is 8.17 Å². The van der Waals surface area contributed by atoms with Gasteiger partial charge in [0.15, 0.2) is 0 Å². The van der Waals surface area contributed by atoms with Crippen LogP contribution in [0.2, 0.25) is 0 Å². The van der Waals surface area contributed by atoms with Crippen LogP contribution in [0.15, 0.2) is 243 Å². The van der Waals surface area contributed by atoms with Gasteiger partial charge in [-0.1, -0.05) is 182 Å². The first kappa shape index (κ1) is 35.2. The molecule has 10 aromatic carbocycles. The molecule has 0 unspecified atom stereocenters. The first-order chi connectivity index (χ1) is 29.8. The lowest BCUT2D eigenvalue weighted by molar-refractivity contribution is 1.18. The molecule has 0 amide bonds. The van der Waals surface area contributed by atoms with Crippen LogP contribution in [0.1, 0.15) is 0 Å². The molecule has 0 saturated carbocycles. The maximum Gasteiger partial charge on any atom is 0.0541 e. The summed E-state index contributed by atoms with van der Waals surface area (Å²) in [5, 5.41) is 5.01. The predicted octanol–water partition coefficient (Wildman–Crippen LogP) is 16.1. The second kappa shape index (κ2) is 15.1. The number of rotatable bonds is 8. The number of anilines is 3. The maximum atomic E-state index is 2.41. The van der Waals surface area contributed by atoms with Gasteiger partial charge in [-0.05, 0) is 110 Å². The Kier molecular flexibility index (Phi) is 8.87. The second-order valence-electron chi connectivity index (χ2n) is 15.3. The third kappa shape index (κ3) is 6.32. The van der Waals surface area contributed by atoms with Gasteiger partial charge in [0, 0.05) is 33.4 Å². The summed E-state index contributed by atoms with van der Waals surface area (Å²) in [6.07, 6.45) is 0. The SMILES string of the molecule is c1ccc(-c2ccc(N(c3ccc(-c4cccc(-c5ccccc5-n5c6ccccc6c6ccccc65)c4)cc3)c3cccc(-c4cccc5ccccc45)c3)cc2)cc1. The summed E-state index contributed by atoms with van der Waals surface area (Å²) in [4.78, 5) is 2.37. The highest BCUT2D eigenvalue weighted by Gasteiger charge is 2.17. The van der Waals surface area contributed by atoms with E-state index in [9.17, 15) is 0 Å². The average Bonchev–Trinajstić information content (AvgIpc) is 3.66. The molecule has 1 aromatic heterocycles. The van der Waals surface area contributed by atoms with Crippen molar-refractivity contribution in [1.82, 2.24) is 4.57 Å². The van der Waals surface area contributed by atoms with Crippen LogP contribution in [-0.4, -0.2) is 4.57 Å². The summed E-state index contributed by atoms with van der Waals surface area (Å²) in [6.45, 7) is 0. The van der Waals surface area contributed by atoms with Gasteiger partial charge in [-0.25, -0.2) is 0 Å². The summed E-state index contributed by atoms with van der Waals surface area (Å²) in [5.41, 5.74) is 16.4. The number of para-hydroxylation sites is 3. The first-order valence-corrected chi connectivity index (χ1v) is 20.6. The number of nitrogens with zero attached hydrogens (tertiary/aromatic N) is 2. The highest BCUT2D eigenvalue weighted by molar-refractivity contribution is 6.09. The standard InChI is InChI=1S/C58H40N2/c1-2-15-41(16-3-1)42-31-35-48(36-32-42)59(50-22-13-21-47(40-50)52-27-14-18-44-17-4-5-23-51(44)52)49-37-33-43(34-38-49)45-19-12-20-46(39-45)53-24-6-9-28-56(53)60-57-29-10-7-25-54(57)55-26-8-11-30-58(55)60/h1-40H. The highest BCUT2D eigenvalue weighted by Crippen LogP contribution is 2.41. The van der Waals surface area contributed by atoms with Crippen molar-refractivity contribution >= 4 is 49.6 Å². The van der Waals surface area contributed by atoms with Gasteiger partial charge in [0.25, 0.3) is 0 Å². The molecule has 11 aromatic rings. The molecule has 282 valence electrons. The maximum absolute atomic E-state index is 2.41. The van der Waals surface area contributed by atoms with Gasteiger partial charge in [-0.3, -0.25) is 0 Å². The van der Waals surface area contributed by atoms with Gasteiger partial charge in [0.2, 0.25) is 0 Å². The molecule has 0 fully saturated rings. The Morgan fingerprint density at radius 3 is 1.45 bits per heavy atom. The van der Waals surface area contributed by atoms with Gasteiger partial charge in [-0.15, -0.1) is 0 Å². The van der Waals surface area contributed by atoms with Crippen molar-refractivity contribution in [2.75, 3.05) is 4.90 Å². The van der Waals surface area contributed by atoms with Crippen LogP contribution in [0.4, 0.5) is 17.1 Å². The van der Waals surface area contributed by atoms with Crippen LogP contribution in [-0.2, 0) is 0 Å². The van der Waals surface area contributed by atoms with E-state index >= 15 is 0 Å². The van der Waals surface area contributed by atoms with Crippen molar-refractivity contribution in [3.63, 3.8) is 0 Å². The van der Waals surface area contributed by atoms with Crippen LogP contribution < -0.4 is 4.90 Å². The van der Waals surface area contributed by atoms with Crippen LogP contribution in [0.5, 0.6) is 0 Å². The Hall–Kier alpha value is -7.94. The Morgan fingerprint density at radius 1 is 0.267 bits per heavy atom. The van der Waals surface area contributed by atoms with Crippen molar-refractivity contribution in [3.05, 3.63) is 243 Å². The van der Waals surface area contributed by atoms with E-state index in [1.807, 2.05) is 0 Å². The first-order valence-electron chi connectivity index (χ1n) is 20.6. The van der Waals surface area contributed by atoms with E-state index in [0.717, 1.165) is 17.1 Å². The van der Waals surface area contributed by atoms with Crippen LogP contribution in [0, 0.1) is 0 Å². The molecule has 2 nitrogen and oxygen atoms in total. The molecule has 11 rings (SSSR count). The fourth-order valence-electron chi connectivity index (χ4n) is 8.93. The van der Waals surface area contributed by atoms with E-state index in [0.29, 0.717) is 0 Å². The van der Waals surface area contributed by atoms with E-state index in [4.69, 9.17) is 0 Å². The van der Waals surface area contributed by atoms with E-state index in [1.165, 1.54) is 82.8 Å². The van der Waals surface area contributed by atoms with Crippen molar-refractivity contribution in [2.45, 2.75) is 0 Å². The zero-order valence-electron chi connectivity index (χ0n) is 33.0. The van der Waals surface area contributed by atoms with Crippen molar-refractivity contribution in [3.8, 4) is 50.2 Å². The van der Waals surface area contributed by atoms with Gasteiger partial charge in [-0.2, -0.15) is 0 Å². The minimum atomic E-state index is 1.09. The molecule has 0 atom stereocenters. The lowest BCUT2D eigenvalue weighted by atomic mass is 9.97. The van der Waals surface area contributed by atoms with E-state index < -0.39 is 0 Å². The molecular formula is C58H40N2. The third-order valence-corrected chi connectivity index (χ3v) is 11.8. The Bertz CT molecular complexity index is 3240. The Balaban J connectivity index is 0.983. The number of fused-ring (bicyclic) bond motifs is 4. The lowest BCUT2D eigenvalue weighted by Gasteiger charge is -2.26. The Labute approximate surface area is 350 Å². The minimum Gasteiger partial charge on any atom is -0.310 e. The lowest BCUT2D eigenvalue weighted by Crippen LogP contribution is -2.10. The summed E-state index contributed by atoms with van der Waals surface area (Å²) >= 11 is 0. The molecule has 0 bridgehead atoms. The zero-order chi connectivity index (χ0) is 39.8. The van der Waals surface area contributed by atoms with Gasteiger partial charge in [0.05, 0.1) is 16.7 Å². The van der Waals surface area contributed by atoms with Crippen LogP contribution in [0.25, 0.3) is 82.8 Å². The summed E-state index contributed by atoms with van der Waals surface area (Å²) in [7, 11) is 0. The zero-order valence-corrected chi connectivity index (χ0v) is 33.0. The summed E-state index contributed by atoms with van der Waals surface area (Å²) < 4.78 is 2.41.